The van der Waals surface area contributed by atoms with Crippen molar-refractivity contribution < 1.29 is 9.53 Å². The Hall–Kier alpha value is -0.610. The lowest BCUT2D eigenvalue weighted by atomic mass is 9.95. The van der Waals surface area contributed by atoms with Gasteiger partial charge in [-0.2, -0.15) is 0 Å². The molecular formula is C13H24N2O2. The highest BCUT2D eigenvalue weighted by molar-refractivity contribution is 5.78. The predicted molar refractivity (Wildman–Crippen MR) is 66.8 cm³/mol. The standard InChI is InChI=1S/C13H24N2O2/c1-10-4-5-11(9-15-10)13(16)14-7-6-12-3-2-8-17-12/h10-12,15H,2-9H2,1H3,(H,14,16). The van der Waals surface area contributed by atoms with Crippen molar-refractivity contribution in [3.8, 4) is 0 Å². The first-order chi connectivity index (χ1) is 8.25. The van der Waals surface area contributed by atoms with Crippen LogP contribution in [0.1, 0.15) is 39.0 Å². The van der Waals surface area contributed by atoms with Crippen LogP contribution >= 0.6 is 0 Å². The third-order valence-electron chi connectivity index (χ3n) is 3.82. The van der Waals surface area contributed by atoms with Crippen molar-refractivity contribution in [2.75, 3.05) is 19.7 Å². The first kappa shape index (κ1) is 12.8. The third-order valence-corrected chi connectivity index (χ3v) is 3.82. The van der Waals surface area contributed by atoms with E-state index in [1.54, 1.807) is 0 Å². The molecule has 2 aliphatic rings. The van der Waals surface area contributed by atoms with Gasteiger partial charge in [-0.15, -0.1) is 0 Å². The number of rotatable bonds is 4. The zero-order chi connectivity index (χ0) is 12.1. The largest absolute Gasteiger partial charge is 0.378 e. The first-order valence-electron chi connectivity index (χ1n) is 6.88. The van der Waals surface area contributed by atoms with E-state index in [9.17, 15) is 4.79 Å². The van der Waals surface area contributed by atoms with Gasteiger partial charge in [-0.3, -0.25) is 4.79 Å². The number of amides is 1. The monoisotopic (exact) mass is 240 g/mol. The molecular weight excluding hydrogens is 216 g/mol. The van der Waals surface area contributed by atoms with E-state index in [1.807, 2.05) is 0 Å². The highest BCUT2D eigenvalue weighted by Gasteiger charge is 2.24. The summed E-state index contributed by atoms with van der Waals surface area (Å²) in [6, 6.07) is 0.561. The molecule has 0 aromatic heterocycles. The molecule has 2 heterocycles. The maximum Gasteiger partial charge on any atom is 0.224 e. The first-order valence-corrected chi connectivity index (χ1v) is 6.88. The quantitative estimate of drug-likeness (QED) is 0.772. The summed E-state index contributed by atoms with van der Waals surface area (Å²) in [7, 11) is 0. The van der Waals surface area contributed by atoms with E-state index in [-0.39, 0.29) is 11.8 Å². The summed E-state index contributed by atoms with van der Waals surface area (Å²) in [4.78, 5) is 11.9. The molecule has 2 saturated heterocycles. The molecule has 2 fully saturated rings. The fourth-order valence-corrected chi connectivity index (χ4v) is 2.60. The minimum atomic E-state index is 0.163. The van der Waals surface area contributed by atoms with Crippen molar-refractivity contribution in [1.29, 1.82) is 0 Å². The van der Waals surface area contributed by atoms with Gasteiger partial charge in [-0.25, -0.2) is 0 Å². The average molecular weight is 240 g/mol. The summed E-state index contributed by atoms with van der Waals surface area (Å²) in [5, 5.41) is 6.39. The van der Waals surface area contributed by atoms with Crippen molar-refractivity contribution in [3.05, 3.63) is 0 Å². The van der Waals surface area contributed by atoms with Crippen LogP contribution in [0.15, 0.2) is 0 Å². The van der Waals surface area contributed by atoms with Gasteiger partial charge in [0.2, 0.25) is 5.91 Å². The van der Waals surface area contributed by atoms with E-state index < -0.39 is 0 Å². The molecule has 2 aliphatic heterocycles. The Morgan fingerprint density at radius 2 is 2.29 bits per heavy atom. The molecule has 17 heavy (non-hydrogen) atoms. The lowest BCUT2D eigenvalue weighted by molar-refractivity contribution is -0.125. The van der Waals surface area contributed by atoms with Crippen molar-refractivity contribution in [2.45, 2.75) is 51.2 Å². The van der Waals surface area contributed by atoms with E-state index >= 15 is 0 Å². The number of hydrogen-bond donors (Lipinski definition) is 2. The van der Waals surface area contributed by atoms with Crippen molar-refractivity contribution in [3.63, 3.8) is 0 Å². The summed E-state index contributed by atoms with van der Waals surface area (Å²) >= 11 is 0. The van der Waals surface area contributed by atoms with Crippen LogP contribution in [0.25, 0.3) is 0 Å². The molecule has 0 saturated carbocycles. The van der Waals surface area contributed by atoms with Gasteiger partial charge in [-0.1, -0.05) is 0 Å². The Labute approximate surface area is 103 Å². The number of carbonyl (C=O) groups excluding carboxylic acids is 1. The molecule has 4 heteroatoms. The number of ether oxygens (including phenoxy) is 1. The molecule has 0 aliphatic carbocycles. The summed E-state index contributed by atoms with van der Waals surface area (Å²) in [6.07, 6.45) is 5.77. The van der Waals surface area contributed by atoms with Crippen molar-refractivity contribution in [2.24, 2.45) is 5.92 Å². The molecule has 0 radical (unpaired) electrons. The highest BCUT2D eigenvalue weighted by Crippen LogP contribution is 2.16. The maximum atomic E-state index is 11.9. The minimum Gasteiger partial charge on any atom is -0.378 e. The normalized spacial score (nSPS) is 33.6. The second-order valence-electron chi connectivity index (χ2n) is 5.30. The van der Waals surface area contributed by atoms with Crippen LogP contribution < -0.4 is 10.6 Å². The van der Waals surface area contributed by atoms with Gasteiger partial charge in [0.25, 0.3) is 0 Å². The molecule has 3 unspecified atom stereocenters. The fourth-order valence-electron chi connectivity index (χ4n) is 2.60. The second-order valence-corrected chi connectivity index (χ2v) is 5.30. The Morgan fingerprint density at radius 1 is 1.41 bits per heavy atom. The Balaban J connectivity index is 1.60. The summed E-state index contributed by atoms with van der Waals surface area (Å²) in [6.45, 7) is 4.65. The highest BCUT2D eigenvalue weighted by atomic mass is 16.5. The smallest absolute Gasteiger partial charge is 0.224 e. The van der Waals surface area contributed by atoms with Gasteiger partial charge in [-0.05, 0) is 39.0 Å². The lowest BCUT2D eigenvalue weighted by Gasteiger charge is -2.26. The average Bonchev–Trinajstić information content (AvgIpc) is 2.83. The molecule has 4 nitrogen and oxygen atoms in total. The molecule has 2 N–H and O–H groups in total. The van der Waals surface area contributed by atoms with Crippen LogP contribution in [0, 0.1) is 5.92 Å². The van der Waals surface area contributed by atoms with Crippen LogP contribution in [-0.4, -0.2) is 37.7 Å². The van der Waals surface area contributed by atoms with E-state index in [1.165, 1.54) is 6.42 Å². The number of nitrogens with one attached hydrogen (secondary N) is 2. The zero-order valence-corrected chi connectivity index (χ0v) is 10.7. The molecule has 2 rings (SSSR count). The third kappa shape index (κ3) is 3.96. The van der Waals surface area contributed by atoms with E-state index in [4.69, 9.17) is 4.74 Å². The fraction of sp³-hybridized carbons (Fsp3) is 0.923. The molecule has 3 atom stereocenters. The molecule has 0 bridgehead atoms. The summed E-state index contributed by atoms with van der Waals surface area (Å²) in [5.74, 6) is 0.373. The van der Waals surface area contributed by atoms with Gasteiger partial charge < -0.3 is 15.4 Å². The molecule has 1 amide bonds. The van der Waals surface area contributed by atoms with E-state index in [0.29, 0.717) is 12.1 Å². The Bertz CT molecular complexity index is 244. The minimum absolute atomic E-state index is 0.163. The second kappa shape index (κ2) is 6.36. The van der Waals surface area contributed by atoms with Gasteiger partial charge in [0.15, 0.2) is 0 Å². The Kier molecular flexibility index (Phi) is 4.80. The van der Waals surface area contributed by atoms with Gasteiger partial charge in [0.05, 0.1) is 12.0 Å². The number of piperidine rings is 1. The van der Waals surface area contributed by atoms with Crippen LogP contribution in [0.2, 0.25) is 0 Å². The van der Waals surface area contributed by atoms with Crippen LogP contribution in [0.4, 0.5) is 0 Å². The number of hydrogen-bond acceptors (Lipinski definition) is 3. The molecule has 0 spiro atoms. The van der Waals surface area contributed by atoms with Crippen molar-refractivity contribution in [1.82, 2.24) is 10.6 Å². The molecule has 0 aromatic rings. The van der Waals surface area contributed by atoms with Crippen LogP contribution in [0.3, 0.4) is 0 Å². The SMILES string of the molecule is CC1CCC(C(=O)NCCC2CCCO2)CN1. The molecule has 0 aromatic carbocycles. The maximum absolute atomic E-state index is 11.9. The predicted octanol–water partition coefficient (Wildman–Crippen LogP) is 1.06. The van der Waals surface area contributed by atoms with Crippen molar-refractivity contribution >= 4 is 5.91 Å². The summed E-state index contributed by atoms with van der Waals surface area (Å²) < 4.78 is 5.53. The lowest BCUT2D eigenvalue weighted by Crippen LogP contribution is -2.44. The topological polar surface area (TPSA) is 50.4 Å². The van der Waals surface area contributed by atoms with Gasteiger partial charge in [0.1, 0.15) is 0 Å². The van der Waals surface area contributed by atoms with Gasteiger partial charge >= 0.3 is 0 Å². The van der Waals surface area contributed by atoms with Gasteiger partial charge in [0, 0.05) is 25.7 Å². The molecule has 98 valence electrons. The van der Waals surface area contributed by atoms with Crippen LogP contribution in [0.5, 0.6) is 0 Å². The zero-order valence-electron chi connectivity index (χ0n) is 10.7. The Morgan fingerprint density at radius 3 is 2.94 bits per heavy atom. The number of carbonyl (C=O) groups is 1. The van der Waals surface area contributed by atoms with E-state index in [2.05, 4.69) is 17.6 Å². The van der Waals surface area contributed by atoms with E-state index in [0.717, 1.165) is 45.4 Å². The summed E-state index contributed by atoms with van der Waals surface area (Å²) in [5.41, 5.74) is 0. The van der Waals surface area contributed by atoms with Crippen LogP contribution in [-0.2, 0) is 9.53 Å².